The normalized spacial score (nSPS) is 10.8. The van der Waals surface area contributed by atoms with Crippen LogP contribution in [0.5, 0.6) is 0 Å². The fourth-order valence-electron chi connectivity index (χ4n) is 2.34. The molecule has 0 saturated heterocycles. The van der Waals surface area contributed by atoms with Gasteiger partial charge in [0.25, 0.3) is 0 Å². The maximum absolute atomic E-state index is 12.3. The Balaban J connectivity index is 1.63. The topological polar surface area (TPSA) is 58.6 Å². The number of hydrogen-bond donors (Lipinski definition) is 1. The molecule has 0 aliphatic rings. The summed E-state index contributed by atoms with van der Waals surface area (Å²) in [4.78, 5) is 14.2. The van der Waals surface area contributed by atoms with Crippen molar-refractivity contribution in [2.24, 2.45) is 0 Å². The van der Waals surface area contributed by atoms with Crippen molar-refractivity contribution >= 4 is 11.6 Å². The van der Waals surface area contributed by atoms with E-state index in [-0.39, 0.29) is 12.5 Å². The summed E-state index contributed by atoms with van der Waals surface area (Å²) in [5.41, 5.74) is 0.786. The number of benzene rings is 1. The molecule has 0 aliphatic carbocycles. The molecule has 5 heteroatoms. The van der Waals surface area contributed by atoms with Crippen molar-refractivity contribution in [1.82, 2.24) is 4.90 Å². The van der Waals surface area contributed by atoms with Crippen LogP contribution in [0.15, 0.2) is 76.0 Å². The Bertz CT molecular complexity index is 670. The van der Waals surface area contributed by atoms with Crippen molar-refractivity contribution in [2.75, 3.05) is 11.9 Å². The van der Waals surface area contributed by atoms with Crippen molar-refractivity contribution < 1.29 is 13.6 Å². The summed E-state index contributed by atoms with van der Waals surface area (Å²) in [5.74, 6) is 1.54. The molecule has 0 unspecified atom stereocenters. The molecule has 118 valence electrons. The Morgan fingerprint density at radius 2 is 1.48 bits per heavy atom. The number of para-hydroxylation sites is 1. The third-order valence-corrected chi connectivity index (χ3v) is 3.34. The van der Waals surface area contributed by atoms with E-state index in [9.17, 15) is 4.79 Å². The molecule has 0 saturated carbocycles. The van der Waals surface area contributed by atoms with Gasteiger partial charge in [-0.2, -0.15) is 0 Å². The number of rotatable bonds is 7. The Kier molecular flexibility index (Phi) is 4.91. The average Bonchev–Trinajstić information content (AvgIpc) is 3.22. The highest BCUT2D eigenvalue weighted by Crippen LogP contribution is 2.12. The molecule has 3 aromatic rings. The number of carbonyl (C=O) groups excluding carboxylic acids is 1. The molecule has 1 N–H and O–H groups in total. The summed E-state index contributed by atoms with van der Waals surface area (Å²) in [6, 6.07) is 16.9. The fraction of sp³-hybridized carbons (Fsp3) is 0.167. The van der Waals surface area contributed by atoms with E-state index in [1.165, 1.54) is 0 Å². The standard InChI is InChI=1S/C18H18N2O3/c21-18(19-15-6-2-1-3-7-15)14-20(12-16-8-4-10-22-16)13-17-9-5-11-23-17/h1-11H,12-14H2,(H,19,21). The molecule has 2 heterocycles. The minimum Gasteiger partial charge on any atom is -0.468 e. The van der Waals surface area contributed by atoms with Gasteiger partial charge in [0.05, 0.1) is 32.2 Å². The Morgan fingerprint density at radius 3 is 2.00 bits per heavy atom. The summed E-state index contributed by atoms with van der Waals surface area (Å²) in [6.07, 6.45) is 3.26. The third kappa shape index (κ3) is 4.59. The first-order valence-electron chi connectivity index (χ1n) is 7.41. The first kappa shape index (κ1) is 15.1. The largest absolute Gasteiger partial charge is 0.468 e. The van der Waals surface area contributed by atoms with Gasteiger partial charge in [-0.15, -0.1) is 0 Å². The Morgan fingerprint density at radius 1 is 0.870 bits per heavy atom. The summed E-state index contributed by atoms with van der Waals surface area (Å²) in [5, 5.41) is 2.89. The SMILES string of the molecule is O=C(CN(Cc1ccco1)Cc1ccco1)Nc1ccccc1. The predicted octanol–water partition coefficient (Wildman–Crippen LogP) is 3.51. The van der Waals surface area contributed by atoms with Crippen LogP contribution in [0.4, 0.5) is 5.69 Å². The molecular weight excluding hydrogens is 292 g/mol. The molecule has 0 atom stereocenters. The zero-order valence-electron chi connectivity index (χ0n) is 12.6. The van der Waals surface area contributed by atoms with Gasteiger partial charge in [0, 0.05) is 5.69 Å². The summed E-state index contributed by atoms with van der Waals surface area (Å²) in [6.45, 7) is 1.32. The monoisotopic (exact) mass is 310 g/mol. The van der Waals surface area contributed by atoms with Gasteiger partial charge >= 0.3 is 0 Å². The fourth-order valence-corrected chi connectivity index (χ4v) is 2.34. The van der Waals surface area contributed by atoms with E-state index < -0.39 is 0 Å². The summed E-state index contributed by atoms with van der Waals surface area (Å²) in [7, 11) is 0. The van der Waals surface area contributed by atoms with E-state index in [1.807, 2.05) is 59.5 Å². The van der Waals surface area contributed by atoms with Gasteiger partial charge in [0.1, 0.15) is 11.5 Å². The second-order valence-corrected chi connectivity index (χ2v) is 5.22. The van der Waals surface area contributed by atoms with Crippen LogP contribution in [0.1, 0.15) is 11.5 Å². The van der Waals surface area contributed by atoms with Crippen LogP contribution in [0.3, 0.4) is 0 Å². The molecule has 0 bridgehead atoms. The zero-order chi connectivity index (χ0) is 15.9. The Labute approximate surface area is 134 Å². The number of hydrogen-bond acceptors (Lipinski definition) is 4. The average molecular weight is 310 g/mol. The highest BCUT2D eigenvalue weighted by molar-refractivity contribution is 5.92. The number of furan rings is 2. The maximum atomic E-state index is 12.3. The van der Waals surface area contributed by atoms with Crippen LogP contribution in [0.25, 0.3) is 0 Å². The van der Waals surface area contributed by atoms with Gasteiger partial charge in [0.15, 0.2) is 0 Å². The van der Waals surface area contributed by atoms with Crippen LogP contribution in [0, 0.1) is 0 Å². The van der Waals surface area contributed by atoms with E-state index in [0.29, 0.717) is 13.1 Å². The van der Waals surface area contributed by atoms with E-state index in [2.05, 4.69) is 5.32 Å². The lowest BCUT2D eigenvalue weighted by Crippen LogP contribution is -2.32. The van der Waals surface area contributed by atoms with Crippen LogP contribution in [0.2, 0.25) is 0 Å². The van der Waals surface area contributed by atoms with Crippen LogP contribution < -0.4 is 5.32 Å². The van der Waals surface area contributed by atoms with E-state index in [0.717, 1.165) is 17.2 Å². The lowest BCUT2D eigenvalue weighted by molar-refractivity contribution is -0.117. The Hall–Kier alpha value is -2.79. The van der Waals surface area contributed by atoms with Gasteiger partial charge in [0.2, 0.25) is 5.91 Å². The van der Waals surface area contributed by atoms with Crippen molar-refractivity contribution in [3.63, 3.8) is 0 Å². The van der Waals surface area contributed by atoms with E-state index in [1.54, 1.807) is 12.5 Å². The van der Waals surface area contributed by atoms with Gasteiger partial charge in [-0.1, -0.05) is 18.2 Å². The number of nitrogens with zero attached hydrogens (tertiary/aromatic N) is 1. The number of anilines is 1. The second-order valence-electron chi connectivity index (χ2n) is 5.22. The van der Waals surface area contributed by atoms with Gasteiger partial charge in [-0.05, 0) is 36.4 Å². The van der Waals surface area contributed by atoms with Gasteiger partial charge in [-0.25, -0.2) is 0 Å². The molecule has 3 rings (SSSR count). The van der Waals surface area contributed by atoms with Crippen molar-refractivity contribution in [1.29, 1.82) is 0 Å². The lowest BCUT2D eigenvalue weighted by atomic mass is 10.3. The molecule has 0 aliphatic heterocycles. The number of carbonyl (C=O) groups is 1. The first-order chi connectivity index (χ1) is 11.3. The maximum Gasteiger partial charge on any atom is 0.238 e. The molecule has 1 amide bonds. The number of nitrogens with one attached hydrogen (secondary N) is 1. The minimum atomic E-state index is -0.0747. The van der Waals surface area contributed by atoms with Crippen molar-refractivity contribution in [3.05, 3.63) is 78.6 Å². The van der Waals surface area contributed by atoms with Gasteiger partial charge < -0.3 is 14.2 Å². The van der Waals surface area contributed by atoms with Crippen LogP contribution >= 0.6 is 0 Å². The number of amides is 1. The highest BCUT2D eigenvalue weighted by atomic mass is 16.3. The molecule has 2 aromatic heterocycles. The summed E-state index contributed by atoms with van der Waals surface area (Å²) < 4.78 is 10.8. The first-order valence-corrected chi connectivity index (χ1v) is 7.41. The van der Waals surface area contributed by atoms with E-state index in [4.69, 9.17) is 8.83 Å². The summed E-state index contributed by atoms with van der Waals surface area (Å²) >= 11 is 0. The van der Waals surface area contributed by atoms with Crippen LogP contribution in [-0.4, -0.2) is 17.4 Å². The predicted molar refractivity (Wildman–Crippen MR) is 86.6 cm³/mol. The van der Waals surface area contributed by atoms with Crippen molar-refractivity contribution in [3.8, 4) is 0 Å². The van der Waals surface area contributed by atoms with Crippen LogP contribution in [-0.2, 0) is 17.9 Å². The highest BCUT2D eigenvalue weighted by Gasteiger charge is 2.14. The van der Waals surface area contributed by atoms with Gasteiger partial charge in [-0.3, -0.25) is 9.69 Å². The molecular formula is C18H18N2O3. The smallest absolute Gasteiger partial charge is 0.238 e. The van der Waals surface area contributed by atoms with E-state index >= 15 is 0 Å². The molecule has 0 radical (unpaired) electrons. The molecule has 0 fully saturated rings. The molecule has 1 aromatic carbocycles. The molecule has 23 heavy (non-hydrogen) atoms. The zero-order valence-corrected chi connectivity index (χ0v) is 12.6. The quantitative estimate of drug-likeness (QED) is 0.725. The molecule has 0 spiro atoms. The minimum absolute atomic E-state index is 0.0747. The lowest BCUT2D eigenvalue weighted by Gasteiger charge is -2.19. The third-order valence-electron chi connectivity index (χ3n) is 3.34. The van der Waals surface area contributed by atoms with Crippen molar-refractivity contribution in [2.45, 2.75) is 13.1 Å². The molecule has 5 nitrogen and oxygen atoms in total. The second kappa shape index (κ2) is 7.47.